The Balaban J connectivity index is 1.92. The molecule has 0 radical (unpaired) electrons. The maximum Gasteiger partial charge on any atom is 0.220 e. The number of carbonyl (C=O) groups excluding carboxylic acids is 1. The predicted molar refractivity (Wildman–Crippen MR) is 72.2 cm³/mol. The van der Waals surface area contributed by atoms with Gasteiger partial charge in [-0.2, -0.15) is 0 Å². The van der Waals surface area contributed by atoms with Crippen molar-refractivity contribution >= 4 is 5.91 Å². The molecule has 1 aliphatic heterocycles. The fourth-order valence-corrected chi connectivity index (χ4v) is 2.28. The zero-order chi connectivity index (χ0) is 13.8. The summed E-state index contributed by atoms with van der Waals surface area (Å²) in [5.41, 5.74) is 0.824. The Kier molecular flexibility index (Phi) is 4.27. The number of rotatable bonds is 5. The average molecular weight is 264 g/mol. The number of benzene rings is 1. The van der Waals surface area contributed by atoms with Gasteiger partial charge in [0.25, 0.3) is 0 Å². The van der Waals surface area contributed by atoms with Crippen LogP contribution >= 0.6 is 0 Å². The van der Waals surface area contributed by atoms with E-state index in [1.165, 1.54) is 0 Å². The third-order valence-electron chi connectivity index (χ3n) is 3.46. The highest BCUT2D eigenvalue weighted by Gasteiger charge is 2.21. The molecule has 1 heterocycles. The van der Waals surface area contributed by atoms with Crippen LogP contribution in [0, 0.1) is 0 Å². The van der Waals surface area contributed by atoms with Gasteiger partial charge in [-0.1, -0.05) is 6.07 Å². The molecule has 0 spiro atoms. The van der Waals surface area contributed by atoms with E-state index in [2.05, 4.69) is 10.6 Å². The number of methoxy groups -OCH3 is 1. The molecule has 0 aliphatic carbocycles. The van der Waals surface area contributed by atoms with Crippen molar-refractivity contribution in [3.8, 4) is 11.5 Å². The van der Waals surface area contributed by atoms with Gasteiger partial charge in [-0.05, 0) is 19.4 Å². The zero-order valence-corrected chi connectivity index (χ0v) is 11.3. The highest BCUT2D eigenvalue weighted by molar-refractivity contribution is 5.78. The van der Waals surface area contributed by atoms with Crippen LogP contribution in [0.3, 0.4) is 0 Å². The summed E-state index contributed by atoms with van der Waals surface area (Å²) in [6.07, 6.45) is 1.47. The molecule has 0 aromatic heterocycles. The maximum atomic E-state index is 11.1. The van der Waals surface area contributed by atoms with Crippen molar-refractivity contribution in [2.24, 2.45) is 0 Å². The summed E-state index contributed by atoms with van der Waals surface area (Å²) >= 11 is 0. The van der Waals surface area contributed by atoms with E-state index in [-0.39, 0.29) is 23.7 Å². The highest BCUT2D eigenvalue weighted by Crippen LogP contribution is 2.28. The predicted octanol–water partition coefficient (Wildman–Crippen LogP) is 1.33. The Labute approximate surface area is 113 Å². The second-order valence-corrected chi connectivity index (χ2v) is 4.86. The lowest BCUT2D eigenvalue weighted by Crippen LogP contribution is -2.36. The number of carbonyl (C=O) groups is 1. The number of nitrogens with one attached hydrogen (secondary N) is 2. The standard InChI is InChI=1S/C14H20N2O3/c1-9(15-8-10-3-6-14(18)16-10)12-5-4-11(19-2)7-13(12)17/h4-5,7,9-10,15,17H,3,6,8H2,1-2H3,(H,16,18). The highest BCUT2D eigenvalue weighted by atomic mass is 16.5. The molecular weight excluding hydrogens is 244 g/mol. The van der Waals surface area contributed by atoms with Crippen LogP contribution in [0.4, 0.5) is 0 Å². The second-order valence-electron chi connectivity index (χ2n) is 4.86. The molecule has 2 unspecified atom stereocenters. The Morgan fingerprint density at radius 2 is 2.37 bits per heavy atom. The largest absolute Gasteiger partial charge is 0.507 e. The first-order valence-electron chi connectivity index (χ1n) is 6.50. The molecule has 5 heteroatoms. The van der Waals surface area contributed by atoms with Crippen molar-refractivity contribution < 1.29 is 14.6 Å². The lowest BCUT2D eigenvalue weighted by atomic mass is 10.1. The SMILES string of the molecule is COc1ccc(C(C)NCC2CCC(=O)N2)c(O)c1. The number of amides is 1. The van der Waals surface area contributed by atoms with E-state index in [9.17, 15) is 9.90 Å². The summed E-state index contributed by atoms with van der Waals surface area (Å²) in [4.78, 5) is 11.1. The van der Waals surface area contributed by atoms with Gasteiger partial charge in [-0.3, -0.25) is 4.79 Å². The fourth-order valence-electron chi connectivity index (χ4n) is 2.28. The molecule has 19 heavy (non-hydrogen) atoms. The van der Waals surface area contributed by atoms with Crippen LogP contribution in [0.15, 0.2) is 18.2 Å². The third kappa shape index (κ3) is 3.38. The van der Waals surface area contributed by atoms with Crippen molar-refractivity contribution in [3.05, 3.63) is 23.8 Å². The van der Waals surface area contributed by atoms with E-state index in [4.69, 9.17) is 4.74 Å². The molecule has 5 nitrogen and oxygen atoms in total. The Morgan fingerprint density at radius 3 is 2.95 bits per heavy atom. The minimum atomic E-state index is 0.0170. The molecule has 1 aliphatic rings. The molecule has 1 fully saturated rings. The normalized spacial score (nSPS) is 20.1. The first-order chi connectivity index (χ1) is 9.10. The summed E-state index contributed by atoms with van der Waals surface area (Å²) in [5, 5.41) is 16.2. The first kappa shape index (κ1) is 13.7. The van der Waals surface area contributed by atoms with Crippen molar-refractivity contribution in [1.29, 1.82) is 0 Å². The molecule has 1 aromatic carbocycles. The smallest absolute Gasteiger partial charge is 0.220 e. The monoisotopic (exact) mass is 264 g/mol. The van der Waals surface area contributed by atoms with Gasteiger partial charge in [0.15, 0.2) is 0 Å². The van der Waals surface area contributed by atoms with E-state index in [1.807, 2.05) is 19.1 Å². The fraction of sp³-hybridized carbons (Fsp3) is 0.500. The quantitative estimate of drug-likeness (QED) is 0.750. The van der Waals surface area contributed by atoms with Gasteiger partial charge < -0.3 is 20.5 Å². The van der Waals surface area contributed by atoms with Crippen LogP contribution in [0.5, 0.6) is 11.5 Å². The van der Waals surface area contributed by atoms with E-state index < -0.39 is 0 Å². The average Bonchev–Trinajstić information content (AvgIpc) is 2.81. The van der Waals surface area contributed by atoms with Crippen LogP contribution in [-0.2, 0) is 4.79 Å². The molecule has 104 valence electrons. The topological polar surface area (TPSA) is 70.6 Å². The Morgan fingerprint density at radius 1 is 1.58 bits per heavy atom. The molecule has 2 rings (SSSR count). The number of phenolic OH excluding ortho intramolecular Hbond substituents is 1. The first-order valence-corrected chi connectivity index (χ1v) is 6.50. The van der Waals surface area contributed by atoms with Gasteiger partial charge >= 0.3 is 0 Å². The van der Waals surface area contributed by atoms with Crippen LogP contribution < -0.4 is 15.4 Å². The minimum absolute atomic E-state index is 0.0170. The molecule has 1 aromatic rings. The Hall–Kier alpha value is -1.75. The van der Waals surface area contributed by atoms with E-state index >= 15 is 0 Å². The van der Waals surface area contributed by atoms with Gasteiger partial charge in [0.1, 0.15) is 11.5 Å². The van der Waals surface area contributed by atoms with Crippen LogP contribution in [0.1, 0.15) is 31.4 Å². The summed E-state index contributed by atoms with van der Waals surface area (Å²) in [5.74, 6) is 0.970. The van der Waals surface area contributed by atoms with Crippen LogP contribution in [0.25, 0.3) is 0 Å². The molecular formula is C14H20N2O3. The number of hydrogen-bond donors (Lipinski definition) is 3. The summed E-state index contributed by atoms with van der Waals surface area (Å²) in [6.45, 7) is 2.69. The van der Waals surface area contributed by atoms with Gasteiger partial charge in [0.2, 0.25) is 5.91 Å². The van der Waals surface area contributed by atoms with Crippen molar-refractivity contribution in [2.75, 3.05) is 13.7 Å². The minimum Gasteiger partial charge on any atom is -0.507 e. The van der Waals surface area contributed by atoms with Crippen molar-refractivity contribution in [3.63, 3.8) is 0 Å². The summed E-state index contributed by atoms with van der Waals surface area (Å²) in [7, 11) is 1.57. The van der Waals surface area contributed by atoms with Crippen molar-refractivity contribution in [1.82, 2.24) is 10.6 Å². The summed E-state index contributed by atoms with van der Waals surface area (Å²) in [6, 6.07) is 5.48. The van der Waals surface area contributed by atoms with E-state index in [0.717, 1.165) is 12.0 Å². The number of aromatic hydroxyl groups is 1. The van der Waals surface area contributed by atoms with E-state index in [0.29, 0.717) is 18.7 Å². The lowest BCUT2D eigenvalue weighted by Gasteiger charge is -2.18. The second kappa shape index (κ2) is 5.93. The number of ether oxygens (including phenoxy) is 1. The van der Waals surface area contributed by atoms with Crippen LogP contribution in [-0.4, -0.2) is 30.7 Å². The maximum absolute atomic E-state index is 11.1. The van der Waals surface area contributed by atoms with Gasteiger partial charge in [0.05, 0.1) is 7.11 Å². The van der Waals surface area contributed by atoms with Crippen LogP contribution in [0.2, 0.25) is 0 Å². The molecule has 0 bridgehead atoms. The van der Waals surface area contributed by atoms with Gasteiger partial charge in [-0.15, -0.1) is 0 Å². The number of phenols is 1. The molecule has 3 N–H and O–H groups in total. The molecule has 1 amide bonds. The zero-order valence-electron chi connectivity index (χ0n) is 11.3. The van der Waals surface area contributed by atoms with Crippen molar-refractivity contribution in [2.45, 2.75) is 31.8 Å². The molecule has 0 saturated carbocycles. The van der Waals surface area contributed by atoms with Gasteiger partial charge in [0, 0.05) is 36.7 Å². The third-order valence-corrected chi connectivity index (χ3v) is 3.46. The summed E-state index contributed by atoms with van der Waals surface area (Å²) < 4.78 is 5.05. The molecule has 1 saturated heterocycles. The molecule has 2 atom stereocenters. The Bertz CT molecular complexity index is 462. The van der Waals surface area contributed by atoms with E-state index in [1.54, 1.807) is 13.2 Å². The van der Waals surface area contributed by atoms with Gasteiger partial charge in [-0.25, -0.2) is 0 Å². The number of hydrogen-bond acceptors (Lipinski definition) is 4. The lowest BCUT2D eigenvalue weighted by molar-refractivity contribution is -0.119.